The number of hydrogen-bond acceptors (Lipinski definition) is 4. The molecule has 0 aromatic carbocycles. The molecule has 0 radical (unpaired) electrons. The summed E-state index contributed by atoms with van der Waals surface area (Å²) in [5, 5.41) is 7.40. The lowest BCUT2D eigenvalue weighted by Crippen LogP contribution is -2.29. The molecule has 7 heteroatoms. The Morgan fingerprint density at radius 3 is 2.88 bits per heavy atom. The van der Waals surface area contributed by atoms with Gasteiger partial charge in [0.25, 0.3) is 5.91 Å². The fourth-order valence-corrected chi connectivity index (χ4v) is 4.40. The fraction of sp³-hybridized carbons (Fsp3) is 0.632. The van der Waals surface area contributed by atoms with Crippen molar-refractivity contribution in [2.24, 2.45) is 11.8 Å². The summed E-state index contributed by atoms with van der Waals surface area (Å²) in [6.45, 7) is 1.96. The molecule has 2 aromatic heterocycles. The van der Waals surface area contributed by atoms with Crippen LogP contribution in [-0.2, 0) is 11.3 Å². The van der Waals surface area contributed by atoms with Gasteiger partial charge in [0.15, 0.2) is 11.6 Å². The Balaban J connectivity index is 1.37. The Kier molecular flexibility index (Phi) is 3.85. The highest BCUT2D eigenvalue weighted by molar-refractivity contribution is 5.96. The number of nitrogens with one attached hydrogen (secondary N) is 2. The molecule has 2 aliphatic carbocycles. The van der Waals surface area contributed by atoms with Gasteiger partial charge >= 0.3 is 0 Å². The van der Waals surface area contributed by atoms with E-state index in [1.807, 2.05) is 17.2 Å². The number of carbonyl (C=O) groups excluding carboxylic acids is 1. The molecule has 1 saturated heterocycles. The number of methoxy groups -OCH3 is 1. The van der Waals surface area contributed by atoms with Crippen molar-refractivity contribution in [3.05, 3.63) is 35.2 Å². The molecule has 3 heterocycles. The lowest BCUT2D eigenvalue weighted by molar-refractivity contribution is 0.0783. The Bertz CT molecular complexity index is 804. The van der Waals surface area contributed by atoms with Crippen molar-refractivity contribution in [1.82, 2.24) is 25.1 Å². The molecule has 2 N–H and O–H groups in total. The Morgan fingerprint density at radius 2 is 2.15 bits per heavy atom. The summed E-state index contributed by atoms with van der Waals surface area (Å²) in [5.74, 6) is 3.69. The van der Waals surface area contributed by atoms with Crippen LogP contribution < -0.4 is 0 Å². The number of amides is 1. The van der Waals surface area contributed by atoms with Gasteiger partial charge in [-0.2, -0.15) is 5.10 Å². The van der Waals surface area contributed by atoms with E-state index in [1.54, 1.807) is 7.11 Å². The third kappa shape index (κ3) is 2.84. The number of carbonyl (C=O) groups is 1. The molecule has 1 amide bonds. The highest BCUT2D eigenvalue weighted by Crippen LogP contribution is 2.47. The lowest BCUT2D eigenvalue weighted by Gasteiger charge is -2.16. The first-order valence-corrected chi connectivity index (χ1v) is 9.61. The number of likely N-dealkylation sites (tertiary alicyclic amines) is 1. The Labute approximate surface area is 152 Å². The smallest absolute Gasteiger partial charge is 0.255 e. The van der Waals surface area contributed by atoms with Gasteiger partial charge in [-0.15, -0.1) is 0 Å². The van der Waals surface area contributed by atoms with Gasteiger partial charge in [-0.25, -0.2) is 4.98 Å². The van der Waals surface area contributed by atoms with Crippen LogP contribution in [0.3, 0.4) is 0 Å². The summed E-state index contributed by atoms with van der Waals surface area (Å²) in [5.41, 5.74) is 1.99. The quantitative estimate of drug-likeness (QED) is 0.833. The molecule has 0 spiro atoms. The van der Waals surface area contributed by atoms with E-state index in [9.17, 15) is 4.79 Å². The third-order valence-corrected chi connectivity index (χ3v) is 6.04. The zero-order valence-electron chi connectivity index (χ0n) is 15.1. The number of H-pyrrole nitrogens is 2. The molecular weight excluding hydrogens is 330 g/mol. The van der Waals surface area contributed by atoms with Crippen LogP contribution in [-0.4, -0.2) is 51.2 Å². The van der Waals surface area contributed by atoms with Crippen molar-refractivity contribution < 1.29 is 9.53 Å². The average molecular weight is 355 g/mol. The molecule has 2 saturated carbocycles. The molecule has 1 aliphatic heterocycles. The molecule has 5 rings (SSSR count). The van der Waals surface area contributed by atoms with E-state index in [0.29, 0.717) is 30.9 Å². The van der Waals surface area contributed by atoms with Gasteiger partial charge in [-0.05, 0) is 49.5 Å². The minimum absolute atomic E-state index is 0.161. The van der Waals surface area contributed by atoms with Gasteiger partial charge in [0.05, 0.1) is 5.56 Å². The van der Waals surface area contributed by atoms with E-state index < -0.39 is 0 Å². The summed E-state index contributed by atoms with van der Waals surface area (Å²) < 4.78 is 5.14. The van der Waals surface area contributed by atoms with Gasteiger partial charge in [0.2, 0.25) is 0 Å². The second kappa shape index (κ2) is 6.23. The molecular formula is C19H25N5O2. The lowest BCUT2D eigenvalue weighted by atomic mass is 9.91. The van der Waals surface area contributed by atoms with Crippen LogP contribution in [0.2, 0.25) is 0 Å². The molecule has 26 heavy (non-hydrogen) atoms. The normalized spacial score (nSPS) is 25.8. The minimum Gasteiger partial charge on any atom is -0.377 e. The maximum Gasteiger partial charge on any atom is 0.255 e. The van der Waals surface area contributed by atoms with E-state index in [0.717, 1.165) is 29.5 Å². The largest absolute Gasteiger partial charge is 0.377 e. The maximum atomic E-state index is 13.2. The first-order chi connectivity index (χ1) is 12.7. The highest BCUT2D eigenvalue weighted by Gasteiger charge is 2.46. The Morgan fingerprint density at radius 1 is 1.31 bits per heavy atom. The van der Waals surface area contributed by atoms with Crippen LogP contribution in [0, 0.1) is 11.8 Å². The average Bonchev–Trinajstić information content (AvgIpc) is 3.53. The number of ether oxygens (including phenoxy) is 1. The molecule has 2 atom stereocenters. The van der Waals surface area contributed by atoms with E-state index >= 15 is 0 Å². The highest BCUT2D eigenvalue weighted by atomic mass is 16.5. The first kappa shape index (κ1) is 16.1. The molecule has 0 bridgehead atoms. The predicted molar refractivity (Wildman–Crippen MR) is 94.7 cm³/mol. The molecule has 2 aromatic rings. The van der Waals surface area contributed by atoms with Crippen LogP contribution in [0.15, 0.2) is 12.3 Å². The first-order valence-electron chi connectivity index (χ1n) is 9.61. The van der Waals surface area contributed by atoms with Crippen molar-refractivity contribution in [2.75, 3.05) is 20.2 Å². The number of aromatic amines is 2. The summed E-state index contributed by atoms with van der Waals surface area (Å²) in [7, 11) is 1.65. The second-order valence-electron chi connectivity index (χ2n) is 7.97. The van der Waals surface area contributed by atoms with Crippen molar-refractivity contribution >= 4 is 5.91 Å². The number of rotatable bonds is 6. The van der Waals surface area contributed by atoms with Gasteiger partial charge in [0, 0.05) is 38.0 Å². The summed E-state index contributed by atoms with van der Waals surface area (Å²) in [6, 6.07) is 1.94. The van der Waals surface area contributed by atoms with Crippen LogP contribution >= 0.6 is 0 Å². The van der Waals surface area contributed by atoms with E-state index in [-0.39, 0.29) is 11.8 Å². The summed E-state index contributed by atoms with van der Waals surface area (Å²) in [6.07, 6.45) is 6.80. The van der Waals surface area contributed by atoms with Crippen LogP contribution in [0.1, 0.15) is 65.2 Å². The van der Waals surface area contributed by atoms with E-state index in [1.165, 1.54) is 25.7 Å². The van der Waals surface area contributed by atoms with E-state index in [4.69, 9.17) is 4.74 Å². The molecule has 3 aliphatic rings. The van der Waals surface area contributed by atoms with Crippen LogP contribution in [0.25, 0.3) is 0 Å². The summed E-state index contributed by atoms with van der Waals surface area (Å²) >= 11 is 0. The van der Waals surface area contributed by atoms with Crippen molar-refractivity contribution in [1.29, 1.82) is 0 Å². The number of hydrogen-bond donors (Lipinski definition) is 2. The number of nitrogens with zero attached hydrogens (tertiary/aromatic N) is 3. The van der Waals surface area contributed by atoms with Crippen LogP contribution in [0.5, 0.6) is 0 Å². The molecule has 0 unspecified atom stereocenters. The second-order valence-corrected chi connectivity index (χ2v) is 7.97. The maximum absolute atomic E-state index is 13.2. The Hall–Kier alpha value is -2.15. The monoisotopic (exact) mass is 355 g/mol. The zero-order chi connectivity index (χ0) is 17.7. The van der Waals surface area contributed by atoms with Gasteiger partial charge in [0.1, 0.15) is 6.61 Å². The topological polar surface area (TPSA) is 86.9 Å². The zero-order valence-corrected chi connectivity index (χ0v) is 15.1. The van der Waals surface area contributed by atoms with Gasteiger partial charge in [-0.1, -0.05) is 0 Å². The van der Waals surface area contributed by atoms with Gasteiger partial charge in [-0.3, -0.25) is 9.89 Å². The van der Waals surface area contributed by atoms with Crippen molar-refractivity contribution in [2.45, 2.75) is 44.1 Å². The van der Waals surface area contributed by atoms with Crippen molar-refractivity contribution in [3.63, 3.8) is 0 Å². The standard InChI is InChI=1S/C19H25N5O2/c1-26-10-16-21-18(23-22-16)15-9-24(8-14(15)11-2-3-11)19(25)13-6-7-20-17(13)12-4-5-12/h6-7,11-12,14-15,20H,2-5,8-10H2,1H3,(H,21,22,23)/t14-,15+/m1/s1. The molecule has 138 valence electrons. The summed E-state index contributed by atoms with van der Waals surface area (Å²) in [4.78, 5) is 23.1. The minimum atomic E-state index is 0.161. The number of aromatic nitrogens is 4. The van der Waals surface area contributed by atoms with Crippen LogP contribution in [0.4, 0.5) is 0 Å². The molecule has 3 fully saturated rings. The van der Waals surface area contributed by atoms with Gasteiger partial charge < -0.3 is 14.6 Å². The molecule has 7 nitrogen and oxygen atoms in total. The van der Waals surface area contributed by atoms with Crippen molar-refractivity contribution in [3.8, 4) is 0 Å². The predicted octanol–water partition coefficient (Wildman–Crippen LogP) is 2.42. The third-order valence-electron chi connectivity index (χ3n) is 6.04. The van der Waals surface area contributed by atoms with E-state index in [2.05, 4.69) is 20.2 Å². The SMILES string of the molecule is COCc1nc([C@H]2CN(C(=O)c3cc[nH]c3C3CC3)C[C@@H]2C2CC2)n[nH]1. The fourth-order valence-electron chi connectivity index (χ4n) is 4.40.